The van der Waals surface area contributed by atoms with Crippen molar-refractivity contribution >= 4 is 39.6 Å². The van der Waals surface area contributed by atoms with E-state index in [2.05, 4.69) is 21.2 Å². The first-order valence-corrected chi connectivity index (χ1v) is 8.00. The Balaban J connectivity index is 2.34. The molecule has 1 rings (SSSR count). The number of amides is 1. The molecule has 0 radical (unpaired) electrons. The number of carbonyl (C=O) groups excluding carboxylic acids is 2. The number of rotatable bonds is 6. The van der Waals surface area contributed by atoms with Gasteiger partial charge < -0.3 is 10.1 Å². The third-order valence-corrected chi connectivity index (χ3v) is 3.94. The molecule has 1 aromatic carbocycles. The predicted molar refractivity (Wildman–Crippen MR) is 83.8 cm³/mol. The number of ether oxygens (including phenoxy) is 1. The standard InChI is InChI=1S/C14H18BrNO3S/c1-9(2)16-13(17)7-19-14(18)8-20-12-5-4-11(15)6-10(12)3/h4-6,9H,7-8H2,1-3H3,(H,16,17). The van der Waals surface area contributed by atoms with Crippen LogP contribution in [0.1, 0.15) is 19.4 Å². The van der Waals surface area contributed by atoms with Crippen LogP contribution in [0.25, 0.3) is 0 Å². The molecule has 0 aliphatic heterocycles. The number of carbonyl (C=O) groups is 2. The monoisotopic (exact) mass is 359 g/mol. The van der Waals surface area contributed by atoms with Gasteiger partial charge in [0.2, 0.25) is 0 Å². The fourth-order valence-corrected chi connectivity index (χ4v) is 2.75. The molecule has 1 amide bonds. The Morgan fingerprint density at radius 1 is 1.40 bits per heavy atom. The summed E-state index contributed by atoms with van der Waals surface area (Å²) in [6, 6.07) is 5.91. The fourth-order valence-electron chi connectivity index (χ4n) is 1.46. The molecule has 0 aliphatic rings. The SMILES string of the molecule is Cc1cc(Br)ccc1SCC(=O)OCC(=O)NC(C)C. The minimum absolute atomic E-state index is 0.0426. The average Bonchev–Trinajstić information content (AvgIpc) is 2.34. The highest BCUT2D eigenvalue weighted by atomic mass is 79.9. The van der Waals surface area contributed by atoms with Crippen LogP contribution in [0.4, 0.5) is 0 Å². The van der Waals surface area contributed by atoms with Crippen LogP contribution in [-0.4, -0.2) is 30.3 Å². The number of halogens is 1. The summed E-state index contributed by atoms with van der Waals surface area (Å²) in [6.07, 6.45) is 0. The molecule has 0 atom stereocenters. The molecule has 0 fully saturated rings. The van der Waals surface area contributed by atoms with Crippen molar-refractivity contribution in [2.75, 3.05) is 12.4 Å². The molecule has 0 saturated heterocycles. The molecule has 0 spiro atoms. The summed E-state index contributed by atoms with van der Waals surface area (Å²) < 4.78 is 5.92. The van der Waals surface area contributed by atoms with Gasteiger partial charge in [-0.3, -0.25) is 9.59 Å². The molecular weight excluding hydrogens is 342 g/mol. The lowest BCUT2D eigenvalue weighted by atomic mass is 10.2. The lowest BCUT2D eigenvalue weighted by molar-refractivity contribution is -0.146. The summed E-state index contributed by atoms with van der Waals surface area (Å²) in [7, 11) is 0. The predicted octanol–water partition coefficient (Wildman–Crippen LogP) is 2.92. The van der Waals surface area contributed by atoms with Gasteiger partial charge in [0.05, 0.1) is 5.75 Å². The van der Waals surface area contributed by atoms with Crippen molar-refractivity contribution in [3.8, 4) is 0 Å². The maximum Gasteiger partial charge on any atom is 0.316 e. The number of hydrogen-bond acceptors (Lipinski definition) is 4. The van der Waals surface area contributed by atoms with Crippen LogP contribution in [0.15, 0.2) is 27.6 Å². The number of esters is 1. The van der Waals surface area contributed by atoms with Crippen LogP contribution in [0, 0.1) is 6.92 Å². The zero-order chi connectivity index (χ0) is 15.1. The minimum atomic E-state index is -0.392. The Bertz CT molecular complexity index is 491. The van der Waals surface area contributed by atoms with Crippen molar-refractivity contribution < 1.29 is 14.3 Å². The number of benzene rings is 1. The second-order valence-electron chi connectivity index (χ2n) is 4.58. The first kappa shape index (κ1) is 17.0. The van der Waals surface area contributed by atoms with Crippen LogP contribution in [0.2, 0.25) is 0 Å². The lowest BCUT2D eigenvalue weighted by Crippen LogP contribution is -2.34. The first-order valence-electron chi connectivity index (χ1n) is 6.22. The summed E-state index contributed by atoms with van der Waals surface area (Å²) in [6.45, 7) is 5.46. The van der Waals surface area contributed by atoms with Gasteiger partial charge in [0.15, 0.2) is 6.61 Å². The first-order chi connectivity index (χ1) is 9.38. The van der Waals surface area contributed by atoms with Gasteiger partial charge in [-0.1, -0.05) is 15.9 Å². The van der Waals surface area contributed by atoms with Crippen molar-refractivity contribution in [1.82, 2.24) is 5.32 Å². The molecule has 0 saturated carbocycles. The molecule has 0 heterocycles. The Labute approximate surface area is 131 Å². The Morgan fingerprint density at radius 3 is 2.70 bits per heavy atom. The van der Waals surface area contributed by atoms with Crippen molar-refractivity contribution in [2.45, 2.75) is 31.7 Å². The highest BCUT2D eigenvalue weighted by Gasteiger charge is 2.10. The van der Waals surface area contributed by atoms with Gasteiger partial charge in [0.1, 0.15) is 0 Å². The van der Waals surface area contributed by atoms with Gasteiger partial charge in [-0.15, -0.1) is 11.8 Å². The van der Waals surface area contributed by atoms with E-state index < -0.39 is 5.97 Å². The van der Waals surface area contributed by atoms with E-state index in [4.69, 9.17) is 4.74 Å². The third-order valence-electron chi connectivity index (χ3n) is 2.30. The van der Waals surface area contributed by atoms with E-state index in [1.54, 1.807) is 0 Å². The average molecular weight is 360 g/mol. The van der Waals surface area contributed by atoms with Gasteiger partial charge >= 0.3 is 5.97 Å². The molecule has 4 nitrogen and oxygen atoms in total. The molecule has 0 unspecified atom stereocenters. The second-order valence-corrected chi connectivity index (χ2v) is 6.51. The number of thioether (sulfide) groups is 1. The molecule has 1 N–H and O–H groups in total. The molecule has 1 aromatic rings. The summed E-state index contributed by atoms with van der Waals surface area (Å²) in [5.41, 5.74) is 1.09. The van der Waals surface area contributed by atoms with E-state index in [-0.39, 0.29) is 24.3 Å². The Hall–Kier alpha value is -1.01. The zero-order valence-corrected chi connectivity index (χ0v) is 14.1. The third kappa shape index (κ3) is 6.43. The topological polar surface area (TPSA) is 55.4 Å². The molecule has 110 valence electrons. The minimum Gasteiger partial charge on any atom is -0.455 e. The largest absolute Gasteiger partial charge is 0.455 e. The van der Waals surface area contributed by atoms with Crippen molar-refractivity contribution in [3.63, 3.8) is 0 Å². The maximum absolute atomic E-state index is 11.6. The van der Waals surface area contributed by atoms with E-state index in [1.165, 1.54) is 11.8 Å². The van der Waals surface area contributed by atoms with Crippen LogP contribution in [0.5, 0.6) is 0 Å². The number of aryl methyl sites for hydroxylation is 1. The second kappa shape index (κ2) is 8.32. The Morgan fingerprint density at radius 2 is 2.10 bits per heavy atom. The highest BCUT2D eigenvalue weighted by molar-refractivity contribution is 9.10. The van der Waals surface area contributed by atoms with E-state index >= 15 is 0 Å². The summed E-state index contributed by atoms with van der Waals surface area (Å²) in [5.74, 6) is -0.480. The Kier molecular flexibility index (Phi) is 7.09. The van der Waals surface area contributed by atoms with Gasteiger partial charge in [0.25, 0.3) is 5.91 Å². The van der Waals surface area contributed by atoms with E-state index in [9.17, 15) is 9.59 Å². The van der Waals surface area contributed by atoms with E-state index in [0.717, 1.165) is 14.9 Å². The van der Waals surface area contributed by atoms with Gasteiger partial charge in [-0.25, -0.2) is 0 Å². The highest BCUT2D eigenvalue weighted by Crippen LogP contribution is 2.25. The van der Waals surface area contributed by atoms with Crippen LogP contribution in [0.3, 0.4) is 0 Å². The molecule has 0 bridgehead atoms. The fraction of sp³-hybridized carbons (Fsp3) is 0.429. The van der Waals surface area contributed by atoms with Crippen LogP contribution >= 0.6 is 27.7 Å². The molecule has 0 aromatic heterocycles. The van der Waals surface area contributed by atoms with Crippen LogP contribution in [-0.2, 0) is 14.3 Å². The molecule has 20 heavy (non-hydrogen) atoms. The lowest BCUT2D eigenvalue weighted by Gasteiger charge is -2.09. The maximum atomic E-state index is 11.6. The van der Waals surface area contributed by atoms with E-state index in [0.29, 0.717) is 0 Å². The number of nitrogens with one attached hydrogen (secondary N) is 1. The van der Waals surface area contributed by atoms with Crippen molar-refractivity contribution in [3.05, 3.63) is 28.2 Å². The zero-order valence-electron chi connectivity index (χ0n) is 11.7. The summed E-state index contributed by atoms with van der Waals surface area (Å²) in [5, 5.41) is 2.66. The van der Waals surface area contributed by atoms with Gasteiger partial charge in [0, 0.05) is 15.4 Å². The smallest absolute Gasteiger partial charge is 0.316 e. The molecular formula is C14H18BrNO3S. The van der Waals surface area contributed by atoms with Crippen molar-refractivity contribution in [2.24, 2.45) is 0 Å². The van der Waals surface area contributed by atoms with Gasteiger partial charge in [-0.2, -0.15) is 0 Å². The quantitative estimate of drug-likeness (QED) is 0.626. The summed E-state index contributed by atoms with van der Waals surface area (Å²) in [4.78, 5) is 23.9. The van der Waals surface area contributed by atoms with Crippen molar-refractivity contribution in [1.29, 1.82) is 0 Å². The molecule has 0 aliphatic carbocycles. The molecule has 6 heteroatoms. The van der Waals surface area contributed by atoms with Crippen LogP contribution < -0.4 is 5.32 Å². The number of hydrogen-bond donors (Lipinski definition) is 1. The summed E-state index contributed by atoms with van der Waals surface area (Å²) >= 11 is 4.79. The van der Waals surface area contributed by atoms with E-state index in [1.807, 2.05) is 39.0 Å². The van der Waals surface area contributed by atoms with Gasteiger partial charge in [-0.05, 0) is 44.5 Å². The normalized spacial score (nSPS) is 10.4.